The normalized spacial score (nSPS) is 17.7. The highest BCUT2D eigenvalue weighted by Crippen LogP contribution is 2.27. The number of anilines is 1. The van der Waals surface area contributed by atoms with Crippen molar-refractivity contribution in [3.05, 3.63) is 53.6 Å². The third kappa shape index (κ3) is 4.46. The van der Waals surface area contributed by atoms with E-state index >= 15 is 0 Å². The second-order valence-corrected chi connectivity index (χ2v) is 9.48. The van der Waals surface area contributed by atoms with Crippen LogP contribution in [0.25, 0.3) is 0 Å². The number of hydrogen-bond acceptors (Lipinski definition) is 4. The van der Waals surface area contributed by atoms with Gasteiger partial charge in [0, 0.05) is 25.8 Å². The molecule has 7 heteroatoms. The molecule has 2 aromatic rings. The molecule has 1 aliphatic rings. The van der Waals surface area contributed by atoms with Crippen molar-refractivity contribution in [2.45, 2.75) is 31.6 Å². The molecule has 1 amide bonds. The van der Waals surface area contributed by atoms with Crippen molar-refractivity contribution in [1.29, 1.82) is 0 Å². The van der Waals surface area contributed by atoms with Crippen LogP contribution in [-0.4, -0.2) is 45.9 Å². The number of hydrogen-bond donors (Lipinski definition) is 0. The number of ether oxygens (including phenoxy) is 1. The SMILES string of the molecule is COc1ccc(S(=O)(=O)N2CCCC(C(=O)N(C)c3ccc(C)c(C)c3)C2)cc1. The van der Waals surface area contributed by atoms with Gasteiger partial charge in [-0.2, -0.15) is 4.31 Å². The summed E-state index contributed by atoms with van der Waals surface area (Å²) in [6.07, 6.45) is 1.34. The van der Waals surface area contributed by atoms with Gasteiger partial charge in [-0.05, 0) is 74.2 Å². The number of aryl methyl sites for hydroxylation is 2. The molecule has 29 heavy (non-hydrogen) atoms. The Hall–Kier alpha value is -2.38. The fourth-order valence-electron chi connectivity index (χ4n) is 3.59. The minimum absolute atomic E-state index is 0.0529. The number of carbonyl (C=O) groups is 1. The van der Waals surface area contributed by atoms with Crippen molar-refractivity contribution in [3.63, 3.8) is 0 Å². The summed E-state index contributed by atoms with van der Waals surface area (Å²) in [6.45, 7) is 4.67. The van der Waals surface area contributed by atoms with E-state index in [9.17, 15) is 13.2 Å². The average Bonchev–Trinajstić information content (AvgIpc) is 2.74. The minimum atomic E-state index is -3.65. The first kappa shape index (κ1) is 21.3. The highest BCUT2D eigenvalue weighted by atomic mass is 32.2. The Labute approximate surface area is 173 Å². The van der Waals surface area contributed by atoms with Crippen LogP contribution in [0, 0.1) is 19.8 Å². The molecule has 3 rings (SSSR count). The lowest BCUT2D eigenvalue weighted by Gasteiger charge is -2.33. The van der Waals surface area contributed by atoms with Crippen LogP contribution in [0.15, 0.2) is 47.4 Å². The zero-order valence-corrected chi connectivity index (χ0v) is 18.2. The Balaban J connectivity index is 1.76. The van der Waals surface area contributed by atoms with Gasteiger partial charge in [-0.1, -0.05) is 6.07 Å². The molecule has 1 aliphatic heterocycles. The first-order chi connectivity index (χ1) is 13.7. The van der Waals surface area contributed by atoms with E-state index < -0.39 is 10.0 Å². The maximum atomic E-state index is 13.1. The van der Waals surface area contributed by atoms with Crippen molar-refractivity contribution in [2.75, 3.05) is 32.1 Å². The number of methoxy groups -OCH3 is 1. The van der Waals surface area contributed by atoms with E-state index in [-0.39, 0.29) is 23.3 Å². The van der Waals surface area contributed by atoms with Crippen LogP contribution in [0.2, 0.25) is 0 Å². The predicted octanol–water partition coefficient (Wildman–Crippen LogP) is 3.38. The van der Waals surface area contributed by atoms with Crippen LogP contribution in [-0.2, 0) is 14.8 Å². The van der Waals surface area contributed by atoms with Gasteiger partial charge in [0.25, 0.3) is 0 Å². The van der Waals surface area contributed by atoms with E-state index in [1.165, 1.54) is 17.0 Å². The lowest BCUT2D eigenvalue weighted by Crippen LogP contribution is -2.45. The van der Waals surface area contributed by atoms with Gasteiger partial charge in [-0.3, -0.25) is 4.79 Å². The molecule has 1 atom stereocenters. The smallest absolute Gasteiger partial charge is 0.243 e. The van der Waals surface area contributed by atoms with Gasteiger partial charge in [-0.15, -0.1) is 0 Å². The Morgan fingerprint density at radius 2 is 1.79 bits per heavy atom. The summed E-state index contributed by atoms with van der Waals surface area (Å²) in [7, 11) is -0.358. The molecule has 0 radical (unpaired) electrons. The molecule has 2 aromatic carbocycles. The van der Waals surface area contributed by atoms with Crippen molar-refractivity contribution >= 4 is 21.6 Å². The van der Waals surface area contributed by atoms with Gasteiger partial charge in [0.15, 0.2) is 0 Å². The largest absolute Gasteiger partial charge is 0.497 e. The number of sulfonamides is 1. The molecular formula is C22H28N2O4S. The van der Waals surface area contributed by atoms with Crippen LogP contribution in [0.4, 0.5) is 5.69 Å². The van der Waals surface area contributed by atoms with E-state index in [1.54, 1.807) is 36.2 Å². The Morgan fingerprint density at radius 3 is 2.41 bits per heavy atom. The summed E-state index contributed by atoms with van der Waals surface area (Å²) < 4.78 is 32.6. The van der Waals surface area contributed by atoms with Crippen LogP contribution in [0.1, 0.15) is 24.0 Å². The third-order valence-corrected chi connectivity index (χ3v) is 7.52. The molecule has 6 nitrogen and oxygen atoms in total. The molecule has 0 bridgehead atoms. The van der Waals surface area contributed by atoms with Crippen LogP contribution in [0.5, 0.6) is 5.75 Å². The lowest BCUT2D eigenvalue weighted by molar-refractivity contribution is -0.123. The first-order valence-electron chi connectivity index (χ1n) is 9.73. The maximum absolute atomic E-state index is 13.1. The summed E-state index contributed by atoms with van der Waals surface area (Å²) in [4.78, 5) is 14.9. The van der Waals surface area contributed by atoms with Crippen LogP contribution < -0.4 is 9.64 Å². The van der Waals surface area contributed by atoms with Gasteiger partial charge in [0.05, 0.1) is 17.9 Å². The minimum Gasteiger partial charge on any atom is -0.497 e. The standard InChI is InChI=1S/C22H28N2O4S/c1-16-7-8-19(14-17(16)2)23(3)22(25)18-6-5-13-24(15-18)29(26,27)21-11-9-20(28-4)10-12-21/h7-12,14,18H,5-6,13,15H2,1-4H3. The Bertz CT molecular complexity index is 986. The van der Waals surface area contributed by atoms with E-state index in [1.807, 2.05) is 32.0 Å². The number of piperidine rings is 1. The Morgan fingerprint density at radius 1 is 1.10 bits per heavy atom. The van der Waals surface area contributed by atoms with E-state index in [2.05, 4.69) is 0 Å². The first-order valence-corrected chi connectivity index (χ1v) is 11.2. The number of amides is 1. The van der Waals surface area contributed by atoms with Crippen molar-refractivity contribution in [1.82, 2.24) is 4.31 Å². The predicted molar refractivity (Wildman–Crippen MR) is 114 cm³/mol. The van der Waals surface area contributed by atoms with E-state index in [4.69, 9.17) is 4.74 Å². The molecule has 1 heterocycles. The van der Waals surface area contributed by atoms with Crippen LogP contribution in [0.3, 0.4) is 0 Å². The number of benzene rings is 2. The second-order valence-electron chi connectivity index (χ2n) is 7.54. The second kappa shape index (κ2) is 8.55. The lowest BCUT2D eigenvalue weighted by atomic mass is 9.98. The molecule has 0 N–H and O–H groups in total. The molecule has 1 unspecified atom stereocenters. The number of carbonyl (C=O) groups excluding carboxylic acids is 1. The van der Waals surface area contributed by atoms with Gasteiger partial charge in [0.1, 0.15) is 5.75 Å². The molecule has 156 valence electrons. The summed E-state index contributed by atoms with van der Waals surface area (Å²) in [5.41, 5.74) is 3.12. The fourth-order valence-corrected chi connectivity index (χ4v) is 5.12. The summed E-state index contributed by atoms with van der Waals surface area (Å²) in [5, 5.41) is 0. The third-order valence-electron chi connectivity index (χ3n) is 5.64. The Kier molecular flexibility index (Phi) is 6.29. The molecule has 0 saturated carbocycles. The van der Waals surface area contributed by atoms with Crippen molar-refractivity contribution < 1.29 is 17.9 Å². The molecule has 0 aliphatic carbocycles. The number of nitrogens with zero attached hydrogens (tertiary/aromatic N) is 2. The van der Waals surface area contributed by atoms with Gasteiger partial charge < -0.3 is 9.64 Å². The van der Waals surface area contributed by atoms with Gasteiger partial charge >= 0.3 is 0 Å². The zero-order chi connectivity index (χ0) is 21.2. The average molecular weight is 417 g/mol. The molecule has 0 aromatic heterocycles. The quantitative estimate of drug-likeness (QED) is 0.749. The summed E-state index contributed by atoms with van der Waals surface area (Å²) in [5.74, 6) is 0.192. The summed E-state index contributed by atoms with van der Waals surface area (Å²) in [6, 6.07) is 12.3. The van der Waals surface area contributed by atoms with Crippen molar-refractivity contribution in [2.24, 2.45) is 5.92 Å². The molecule has 1 saturated heterocycles. The van der Waals surface area contributed by atoms with Gasteiger partial charge in [0.2, 0.25) is 15.9 Å². The maximum Gasteiger partial charge on any atom is 0.243 e. The fraction of sp³-hybridized carbons (Fsp3) is 0.409. The van der Waals surface area contributed by atoms with E-state index in [0.29, 0.717) is 25.1 Å². The molecule has 1 fully saturated rings. The van der Waals surface area contributed by atoms with Gasteiger partial charge in [-0.25, -0.2) is 8.42 Å². The highest BCUT2D eigenvalue weighted by molar-refractivity contribution is 7.89. The van der Waals surface area contributed by atoms with E-state index in [0.717, 1.165) is 11.3 Å². The number of rotatable bonds is 5. The van der Waals surface area contributed by atoms with Crippen molar-refractivity contribution in [3.8, 4) is 5.75 Å². The molecule has 0 spiro atoms. The molecular weight excluding hydrogens is 388 g/mol. The van der Waals surface area contributed by atoms with Crippen LogP contribution >= 0.6 is 0 Å². The highest BCUT2D eigenvalue weighted by Gasteiger charge is 2.34. The zero-order valence-electron chi connectivity index (χ0n) is 17.4. The monoisotopic (exact) mass is 416 g/mol. The topological polar surface area (TPSA) is 66.9 Å². The summed E-state index contributed by atoms with van der Waals surface area (Å²) >= 11 is 0.